The topological polar surface area (TPSA) is 12.5 Å². The maximum Gasteiger partial charge on any atom is 0.122 e. The van der Waals surface area contributed by atoms with Crippen molar-refractivity contribution in [1.82, 2.24) is 4.90 Å². The molecule has 148 valence electrons. The lowest BCUT2D eigenvalue weighted by atomic mass is 9.85. The number of ether oxygens (including phenoxy) is 1. The molecule has 0 aromatic heterocycles. The lowest BCUT2D eigenvalue weighted by Crippen LogP contribution is -2.43. The highest BCUT2D eigenvalue weighted by molar-refractivity contribution is 5.66. The Labute approximate surface area is 169 Å². The van der Waals surface area contributed by atoms with Crippen molar-refractivity contribution >= 4 is 0 Å². The van der Waals surface area contributed by atoms with Crippen molar-refractivity contribution in [1.29, 1.82) is 0 Å². The van der Waals surface area contributed by atoms with Gasteiger partial charge in [-0.05, 0) is 98.7 Å². The van der Waals surface area contributed by atoms with Gasteiger partial charge < -0.3 is 9.64 Å². The third kappa shape index (κ3) is 3.37. The van der Waals surface area contributed by atoms with Crippen LogP contribution in [0, 0.1) is 18.8 Å². The number of hydrogen-bond acceptors (Lipinski definition) is 2. The number of methoxy groups -OCH3 is 1. The first-order chi connectivity index (χ1) is 13.7. The van der Waals surface area contributed by atoms with Crippen molar-refractivity contribution in [2.45, 2.75) is 57.4 Å². The lowest BCUT2D eigenvalue weighted by molar-refractivity contribution is 0.110. The fourth-order valence-corrected chi connectivity index (χ4v) is 6.18. The molecule has 0 radical (unpaired) electrons. The molecule has 5 rings (SSSR count). The van der Waals surface area contributed by atoms with E-state index >= 15 is 0 Å². The number of benzene rings is 2. The molecule has 2 heteroatoms. The van der Waals surface area contributed by atoms with Gasteiger partial charge in [-0.2, -0.15) is 0 Å². The summed E-state index contributed by atoms with van der Waals surface area (Å²) in [6, 6.07) is 16.5. The molecule has 0 amide bonds. The van der Waals surface area contributed by atoms with E-state index in [2.05, 4.69) is 54.3 Å². The first-order valence-electron chi connectivity index (χ1n) is 11.2. The van der Waals surface area contributed by atoms with E-state index in [4.69, 9.17) is 4.74 Å². The number of piperidine rings is 1. The Hall–Kier alpha value is -1.80. The Morgan fingerprint density at radius 2 is 1.61 bits per heavy atom. The molecule has 2 aliphatic carbocycles. The van der Waals surface area contributed by atoms with Crippen molar-refractivity contribution in [2.75, 3.05) is 20.2 Å². The van der Waals surface area contributed by atoms with E-state index < -0.39 is 0 Å². The molecule has 3 aliphatic rings. The summed E-state index contributed by atoms with van der Waals surface area (Å²) in [5, 5.41) is 0. The maximum atomic E-state index is 5.76. The van der Waals surface area contributed by atoms with E-state index in [1.165, 1.54) is 73.9 Å². The highest BCUT2D eigenvalue weighted by atomic mass is 16.5. The zero-order valence-corrected chi connectivity index (χ0v) is 17.4. The number of nitrogens with zero attached hydrogens (tertiary/aromatic N) is 1. The van der Waals surface area contributed by atoms with Crippen LogP contribution in [0.2, 0.25) is 0 Å². The highest BCUT2D eigenvalue weighted by Gasteiger charge is 2.43. The summed E-state index contributed by atoms with van der Waals surface area (Å²) in [4.78, 5) is 2.83. The average molecular weight is 376 g/mol. The zero-order chi connectivity index (χ0) is 19.1. The highest BCUT2D eigenvalue weighted by Crippen LogP contribution is 2.48. The molecule has 3 fully saturated rings. The van der Waals surface area contributed by atoms with Crippen LogP contribution in [0.15, 0.2) is 42.5 Å². The summed E-state index contributed by atoms with van der Waals surface area (Å²) < 4.78 is 5.76. The second-order valence-corrected chi connectivity index (χ2v) is 9.38. The van der Waals surface area contributed by atoms with E-state index in [0.717, 1.165) is 23.6 Å². The molecular formula is C26H33NO. The average Bonchev–Trinajstić information content (AvgIpc) is 3.38. The summed E-state index contributed by atoms with van der Waals surface area (Å²) in [6.45, 7) is 4.67. The van der Waals surface area contributed by atoms with Crippen molar-refractivity contribution in [3.63, 3.8) is 0 Å². The molecule has 0 N–H and O–H groups in total. The number of likely N-dealkylation sites (tertiary alicyclic amines) is 1. The normalized spacial score (nSPS) is 28.0. The number of fused-ring (bicyclic) bond motifs is 2. The molecule has 1 aliphatic heterocycles. The fraction of sp³-hybridized carbons (Fsp3) is 0.538. The van der Waals surface area contributed by atoms with Crippen LogP contribution >= 0.6 is 0 Å². The third-order valence-corrected chi connectivity index (χ3v) is 7.75. The molecular weight excluding hydrogens is 342 g/mol. The van der Waals surface area contributed by atoms with Gasteiger partial charge in [-0.1, -0.05) is 42.3 Å². The summed E-state index contributed by atoms with van der Waals surface area (Å²) >= 11 is 0. The van der Waals surface area contributed by atoms with Crippen LogP contribution in [0.25, 0.3) is 11.1 Å². The van der Waals surface area contributed by atoms with Crippen LogP contribution in [-0.4, -0.2) is 31.1 Å². The van der Waals surface area contributed by atoms with Crippen molar-refractivity contribution in [3.05, 3.63) is 53.6 Å². The monoisotopic (exact) mass is 375 g/mol. The van der Waals surface area contributed by atoms with E-state index in [1.54, 1.807) is 0 Å². The first kappa shape index (κ1) is 18.2. The molecule has 2 nitrogen and oxygen atoms in total. The van der Waals surface area contributed by atoms with Crippen molar-refractivity contribution in [2.24, 2.45) is 11.8 Å². The minimum absolute atomic E-state index is 0.621. The first-order valence-corrected chi connectivity index (χ1v) is 11.2. The molecule has 2 bridgehead atoms. The molecule has 0 unspecified atom stereocenters. The van der Waals surface area contributed by atoms with E-state index in [-0.39, 0.29) is 0 Å². The Morgan fingerprint density at radius 1 is 0.857 bits per heavy atom. The summed E-state index contributed by atoms with van der Waals surface area (Å²) in [6.07, 6.45) is 8.50. The van der Waals surface area contributed by atoms with Gasteiger partial charge in [0, 0.05) is 6.04 Å². The summed E-state index contributed by atoms with van der Waals surface area (Å²) in [7, 11) is 1.81. The predicted molar refractivity (Wildman–Crippen MR) is 116 cm³/mol. The second kappa shape index (κ2) is 7.55. The maximum absolute atomic E-state index is 5.76. The Morgan fingerprint density at radius 3 is 2.25 bits per heavy atom. The minimum Gasteiger partial charge on any atom is -0.496 e. The molecule has 3 atom stereocenters. The zero-order valence-electron chi connectivity index (χ0n) is 17.4. The summed E-state index contributed by atoms with van der Waals surface area (Å²) in [5.74, 6) is 3.73. The van der Waals surface area contributed by atoms with Crippen LogP contribution < -0.4 is 4.74 Å². The van der Waals surface area contributed by atoms with E-state index in [0.29, 0.717) is 5.92 Å². The number of aryl methyl sites for hydroxylation is 1. The van der Waals surface area contributed by atoms with Gasteiger partial charge in [0.2, 0.25) is 0 Å². The van der Waals surface area contributed by atoms with Crippen LogP contribution in [0.4, 0.5) is 0 Å². The summed E-state index contributed by atoms with van der Waals surface area (Å²) in [5.41, 5.74) is 5.33. The molecule has 2 aromatic carbocycles. The van der Waals surface area contributed by atoms with Gasteiger partial charge in [-0.3, -0.25) is 0 Å². The van der Waals surface area contributed by atoms with Gasteiger partial charge in [0.15, 0.2) is 0 Å². The Balaban J connectivity index is 1.33. The molecule has 2 aromatic rings. The minimum atomic E-state index is 0.621. The Bertz CT molecular complexity index is 819. The standard InChI is InChI=1S/C26H33NO/c1-18-3-6-20(7-4-18)22-9-10-26(28-2)24(17-22)21-11-13-27(14-12-21)25-16-19-5-8-23(25)15-19/h3-4,6-7,9-10,17,19,21,23,25H,5,8,11-16H2,1-2H3/t19-,23-,25-/m0/s1. The van der Waals surface area contributed by atoms with Gasteiger partial charge in [-0.15, -0.1) is 0 Å². The SMILES string of the molecule is COc1ccc(-c2ccc(C)cc2)cc1C1CCN([C@H]2C[C@H]3CC[C@H]2C3)CC1. The van der Waals surface area contributed by atoms with E-state index in [1.807, 2.05) is 7.11 Å². The van der Waals surface area contributed by atoms with Crippen molar-refractivity contribution in [3.8, 4) is 16.9 Å². The molecule has 1 saturated heterocycles. The molecule has 1 heterocycles. The van der Waals surface area contributed by atoms with Crippen LogP contribution in [0.5, 0.6) is 5.75 Å². The fourth-order valence-electron chi connectivity index (χ4n) is 6.18. The lowest BCUT2D eigenvalue weighted by Gasteiger charge is -2.40. The van der Waals surface area contributed by atoms with Crippen LogP contribution in [-0.2, 0) is 0 Å². The second-order valence-electron chi connectivity index (χ2n) is 9.38. The molecule has 28 heavy (non-hydrogen) atoms. The Kier molecular flexibility index (Phi) is 4.92. The van der Waals surface area contributed by atoms with Gasteiger partial charge in [0.05, 0.1) is 7.11 Å². The van der Waals surface area contributed by atoms with Crippen LogP contribution in [0.1, 0.15) is 55.6 Å². The quantitative estimate of drug-likeness (QED) is 0.646. The van der Waals surface area contributed by atoms with Crippen LogP contribution in [0.3, 0.4) is 0 Å². The molecule has 2 saturated carbocycles. The van der Waals surface area contributed by atoms with Gasteiger partial charge in [-0.25, -0.2) is 0 Å². The van der Waals surface area contributed by atoms with Gasteiger partial charge in [0.1, 0.15) is 5.75 Å². The largest absolute Gasteiger partial charge is 0.496 e. The van der Waals surface area contributed by atoms with Gasteiger partial charge in [0.25, 0.3) is 0 Å². The van der Waals surface area contributed by atoms with Crippen molar-refractivity contribution < 1.29 is 4.74 Å². The van der Waals surface area contributed by atoms with E-state index in [9.17, 15) is 0 Å². The number of rotatable bonds is 4. The molecule has 0 spiro atoms. The third-order valence-electron chi connectivity index (χ3n) is 7.75. The predicted octanol–water partition coefficient (Wildman–Crippen LogP) is 6.04. The smallest absolute Gasteiger partial charge is 0.122 e. The number of hydrogen-bond donors (Lipinski definition) is 0. The van der Waals surface area contributed by atoms with Gasteiger partial charge >= 0.3 is 0 Å².